The fraction of sp³-hybridized carbons (Fsp3) is 0.256. The molecule has 0 aliphatic rings. The number of hydrogen-bond donors (Lipinski definition) is 2. The van der Waals surface area contributed by atoms with Crippen LogP contribution in [0.25, 0.3) is 33.6 Å². The Hall–Kier alpha value is -5.23. The minimum absolute atomic E-state index is 0.0511. The van der Waals surface area contributed by atoms with Crippen LogP contribution in [0.3, 0.4) is 0 Å². The van der Waals surface area contributed by atoms with E-state index in [-0.39, 0.29) is 29.6 Å². The maximum atomic E-state index is 14.5. The molecular formula is C39H35F4N3O4S. The van der Waals surface area contributed by atoms with Crippen LogP contribution >= 0.6 is 11.3 Å². The summed E-state index contributed by atoms with van der Waals surface area (Å²) in [4.78, 5) is 48.4. The second kappa shape index (κ2) is 14.9. The highest BCUT2D eigenvalue weighted by Gasteiger charge is 2.31. The third-order valence-electron chi connectivity index (χ3n) is 8.32. The van der Waals surface area contributed by atoms with Crippen molar-refractivity contribution in [2.75, 3.05) is 0 Å². The molecule has 0 fully saturated rings. The Balaban J connectivity index is 1.28. The Labute approximate surface area is 296 Å². The van der Waals surface area contributed by atoms with Crippen LogP contribution in [0.1, 0.15) is 59.8 Å². The number of hydrogen-bond acceptors (Lipinski definition) is 6. The molecule has 0 unspecified atom stereocenters. The third kappa shape index (κ3) is 9.12. The second-order valence-electron chi connectivity index (χ2n) is 13.3. The number of ketones is 1. The van der Waals surface area contributed by atoms with E-state index >= 15 is 0 Å². The first-order chi connectivity index (χ1) is 24.0. The first-order valence-corrected chi connectivity index (χ1v) is 16.9. The average molecular weight is 718 g/mol. The molecule has 2 N–H and O–H groups in total. The van der Waals surface area contributed by atoms with Gasteiger partial charge in [-0.15, -0.1) is 11.3 Å². The summed E-state index contributed by atoms with van der Waals surface area (Å²) < 4.78 is 53.2. The summed E-state index contributed by atoms with van der Waals surface area (Å²) in [5.74, 6) is -3.23. The number of carboxylic acid groups (broad SMARTS) is 1. The van der Waals surface area contributed by atoms with E-state index in [1.54, 1.807) is 67.0 Å². The Kier molecular flexibility index (Phi) is 10.8. The van der Waals surface area contributed by atoms with Gasteiger partial charge in [0.2, 0.25) is 5.91 Å². The molecule has 0 saturated carbocycles. The minimum Gasteiger partial charge on any atom is -0.480 e. The van der Waals surface area contributed by atoms with E-state index in [2.05, 4.69) is 36.1 Å². The van der Waals surface area contributed by atoms with Gasteiger partial charge in [0, 0.05) is 46.3 Å². The number of carbonyl (C=O) groups is 3. The molecule has 7 nitrogen and oxygen atoms in total. The van der Waals surface area contributed by atoms with Gasteiger partial charge in [-0.3, -0.25) is 14.4 Å². The number of benzene rings is 3. The fourth-order valence-electron chi connectivity index (χ4n) is 5.33. The number of aliphatic carboxylic acids is 1. The lowest BCUT2D eigenvalue weighted by Gasteiger charge is -2.18. The molecule has 0 saturated heterocycles. The molecule has 51 heavy (non-hydrogen) atoms. The smallest absolute Gasteiger partial charge is 0.416 e. The lowest BCUT2D eigenvalue weighted by atomic mass is 9.92. The van der Waals surface area contributed by atoms with Crippen molar-refractivity contribution >= 4 is 29.0 Å². The molecule has 0 radical (unpaired) electrons. The van der Waals surface area contributed by atoms with Gasteiger partial charge in [-0.05, 0) is 59.7 Å². The van der Waals surface area contributed by atoms with Crippen molar-refractivity contribution in [1.82, 2.24) is 15.3 Å². The molecule has 5 rings (SSSR count). The molecule has 1 amide bonds. The number of carbonyl (C=O) groups excluding carboxylic acids is 2. The van der Waals surface area contributed by atoms with E-state index in [0.29, 0.717) is 33.5 Å². The quantitative estimate of drug-likeness (QED) is 0.104. The van der Waals surface area contributed by atoms with Crippen LogP contribution in [-0.2, 0) is 27.6 Å². The van der Waals surface area contributed by atoms with Gasteiger partial charge in [0.15, 0.2) is 11.6 Å². The highest BCUT2D eigenvalue weighted by atomic mass is 32.1. The van der Waals surface area contributed by atoms with Gasteiger partial charge in [-0.25, -0.2) is 14.4 Å². The lowest BCUT2D eigenvalue weighted by molar-refractivity contribution is -0.141. The molecule has 0 bridgehead atoms. The zero-order valence-electron chi connectivity index (χ0n) is 28.2. The summed E-state index contributed by atoms with van der Waals surface area (Å²) in [5, 5.41) is 11.8. The molecule has 2 heterocycles. The fourth-order valence-corrected chi connectivity index (χ4v) is 6.35. The van der Waals surface area contributed by atoms with Gasteiger partial charge in [-0.1, -0.05) is 75.4 Å². The predicted molar refractivity (Wildman–Crippen MR) is 188 cm³/mol. The van der Waals surface area contributed by atoms with Crippen LogP contribution in [-0.4, -0.2) is 38.8 Å². The Morgan fingerprint density at radius 2 is 1.43 bits per heavy atom. The zero-order valence-corrected chi connectivity index (χ0v) is 29.0. The van der Waals surface area contributed by atoms with Crippen molar-refractivity contribution in [3.05, 3.63) is 118 Å². The SMILES string of the molecule is C[C@@H](NC(=O)[C@@H](CC(=O)c1ccc(C(C)(C)C)s1)Cc1ccc(-c2ncc(-c3ccc(-c4ccc(C(F)(F)F)cc4F)cc3)cn2)cc1)C(=O)O. The highest BCUT2D eigenvalue weighted by Crippen LogP contribution is 2.34. The molecule has 3 aromatic carbocycles. The highest BCUT2D eigenvalue weighted by molar-refractivity contribution is 7.14. The molecule has 12 heteroatoms. The van der Waals surface area contributed by atoms with E-state index in [1.807, 2.05) is 6.07 Å². The van der Waals surface area contributed by atoms with Gasteiger partial charge in [-0.2, -0.15) is 13.2 Å². The largest absolute Gasteiger partial charge is 0.480 e. The number of Topliss-reactive ketones (excluding diaryl/α,β-unsaturated/α-hetero) is 1. The maximum Gasteiger partial charge on any atom is 0.416 e. The number of aromatic nitrogens is 2. The van der Waals surface area contributed by atoms with Crippen molar-refractivity contribution < 1.29 is 37.1 Å². The average Bonchev–Trinajstić information content (AvgIpc) is 3.60. The van der Waals surface area contributed by atoms with Crippen LogP contribution in [0.15, 0.2) is 91.3 Å². The summed E-state index contributed by atoms with van der Waals surface area (Å²) in [6.45, 7) is 7.53. The number of nitrogens with zero attached hydrogens (tertiary/aromatic N) is 2. The summed E-state index contributed by atoms with van der Waals surface area (Å²) in [6, 6.07) is 18.8. The third-order valence-corrected chi connectivity index (χ3v) is 9.88. The van der Waals surface area contributed by atoms with Gasteiger partial charge >= 0.3 is 12.1 Å². The molecule has 0 aliphatic heterocycles. The van der Waals surface area contributed by atoms with Crippen LogP contribution < -0.4 is 5.32 Å². The van der Waals surface area contributed by atoms with Crippen molar-refractivity contribution in [3.8, 4) is 33.6 Å². The van der Waals surface area contributed by atoms with Crippen molar-refractivity contribution in [2.24, 2.45) is 5.92 Å². The Morgan fingerprint density at radius 3 is 1.98 bits per heavy atom. The molecule has 2 aromatic heterocycles. The summed E-state index contributed by atoms with van der Waals surface area (Å²) in [5.41, 5.74) is 2.14. The number of amides is 1. The van der Waals surface area contributed by atoms with Gasteiger partial charge < -0.3 is 10.4 Å². The van der Waals surface area contributed by atoms with E-state index < -0.39 is 41.4 Å². The van der Waals surface area contributed by atoms with Crippen LogP contribution in [0.5, 0.6) is 0 Å². The van der Waals surface area contributed by atoms with Crippen LogP contribution in [0.2, 0.25) is 0 Å². The predicted octanol–water partition coefficient (Wildman–Crippen LogP) is 9.02. The Morgan fingerprint density at radius 1 is 0.824 bits per heavy atom. The van der Waals surface area contributed by atoms with E-state index in [9.17, 15) is 37.1 Å². The number of rotatable bonds is 11. The first kappa shape index (κ1) is 37.0. The van der Waals surface area contributed by atoms with Crippen molar-refractivity contribution in [1.29, 1.82) is 0 Å². The topological polar surface area (TPSA) is 109 Å². The molecule has 0 aliphatic carbocycles. The van der Waals surface area contributed by atoms with Gasteiger partial charge in [0.05, 0.1) is 10.4 Å². The van der Waals surface area contributed by atoms with Gasteiger partial charge in [0.1, 0.15) is 11.9 Å². The van der Waals surface area contributed by atoms with E-state index in [4.69, 9.17) is 0 Å². The minimum atomic E-state index is -4.63. The number of nitrogens with one attached hydrogen (secondary N) is 1. The Bertz CT molecular complexity index is 2040. The summed E-state index contributed by atoms with van der Waals surface area (Å²) >= 11 is 1.39. The van der Waals surface area contributed by atoms with Crippen molar-refractivity contribution in [2.45, 2.75) is 58.2 Å². The number of halogens is 4. The van der Waals surface area contributed by atoms with Crippen LogP contribution in [0, 0.1) is 11.7 Å². The standard InChI is InChI=1S/C39H35F4N3O4S/c1-22(37(49)50)46-36(48)27(18-32(47)33-15-16-34(51-33)38(2,3)4)17-23-5-7-26(8-6-23)35-44-20-28(21-45-35)24-9-11-25(12-10-24)30-14-13-29(19-31(30)40)39(41,42)43/h5-16,19-22,27H,17-18H2,1-4H3,(H,46,48)(H,49,50)/t22-,27-/m1/s1. The van der Waals surface area contributed by atoms with Gasteiger partial charge in [0.25, 0.3) is 0 Å². The summed E-state index contributed by atoms with van der Waals surface area (Å²) in [7, 11) is 0. The summed E-state index contributed by atoms with van der Waals surface area (Å²) in [6.07, 6.45) is -1.28. The molecule has 0 spiro atoms. The molecule has 2 atom stereocenters. The monoisotopic (exact) mass is 717 g/mol. The van der Waals surface area contributed by atoms with E-state index in [1.165, 1.54) is 18.3 Å². The molecule has 264 valence electrons. The number of alkyl halides is 3. The second-order valence-corrected chi connectivity index (χ2v) is 14.4. The number of carboxylic acids is 1. The molecular weight excluding hydrogens is 683 g/mol. The van der Waals surface area contributed by atoms with E-state index in [0.717, 1.165) is 28.1 Å². The normalized spacial score (nSPS) is 13.0. The molecule has 5 aromatic rings. The maximum absolute atomic E-state index is 14.5. The zero-order chi connectivity index (χ0) is 37.1. The number of thiophene rings is 1. The van der Waals surface area contributed by atoms with Crippen molar-refractivity contribution in [3.63, 3.8) is 0 Å². The first-order valence-electron chi connectivity index (χ1n) is 16.0. The van der Waals surface area contributed by atoms with Crippen LogP contribution in [0.4, 0.5) is 17.6 Å². The lowest BCUT2D eigenvalue weighted by Crippen LogP contribution is -2.42.